The van der Waals surface area contributed by atoms with Crippen molar-refractivity contribution in [3.8, 4) is 0 Å². The van der Waals surface area contributed by atoms with Crippen LogP contribution in [0.15, 0.2) is 53.4 Å². The number of hydrogen-bond acceptors (Lipinski definition) is 5. The maximum absolute atomic E-state index is 13.5. The summed E-state index contributed by atoms with van der Waals surface area (Å²) in [6.45, 7) is 5.12. The Bertz CT molecular complexity index is 1050. The van der Waals surface area contributed by atoms with Crippen molar-refractivity contribution >= 4 is 15.9 Å². The quantitative estimate of drug-likeness (QED) is 0.666. The summed E-state index contributed by atoms with van der Waals surface area (Å²) < 4.78 is 46.6. The summed E-state index contributed by atoms with van der Waals surface area (Å²) in [6.07, 6.45) is 1.11. The van der Waals surface area contributed by atoms with Crippen LogP contribution in [0.1, 0.15) is 30.0 Å². The zero-order chi connectivity index (χ0) is 23.4. The van der Waals surface area contributed by atoms with E-state index in [0.29, 0.717) is 52.2 Å². The number of nitrogens with one attached hydrogen (secondary N) is 1. The van der Waals surface area contributed by atoms with Gasteiger partial charge in [-0.05, 0) is 49.6 Å². The number of rotatable bonds is 7. The fraction of sp³-hybridized carbons (Fsp3) is 0.458. The normalized spacial score (nSPS) is 21.1. The lowest BCUT2D eigenvalue weighted by Gasteiger charge is -2.35. The molecule has 2 fully saturated rings. The molecule has 2 aliphatic heterocycles. The molecule has 9 heteroatoms. The molecule has 0 spiro atoms. The average molecular weight is 476 g/mol. The highest BCUT2D eigenvalue weighted by molar-refractivity contribution is 7.89. The summed E-state index contributed by atoms with van der Waals surface area (Å²) in [7, 11) is -3.76. The highest BCUT2D eigenvalue weighted by Crippen LogP contribution is 2.27. The van der Waals surface area contributed by atoms with Crippen LogP contribution in [-0.2, 0) is 19.6 Å². The van der Waals surface area contributed by atoms with E-state index in [1.165, 1.54) is 16.4 Å². The first-order chi connectivity index (χ1) is 15.9. The fourth-order valence-electron chi connectivity index (χ4n) is 4.48. The monoisotopic (exact) mass is 475 g/mol. The molecule has 2 heterocycles. The first-order valence-electron chi connectivity index (χ1n) is 11.3. The van der Waals surface area contributed by atoms with Crippen molar-refractivity contribution in [1.82, 2.24) is 14.5 Å². The third-order valence-corrected chi connectivity index (χ3v) is 8.27. The SMILES string of the molecule is Cc1ccc(S(=O)(=O)N2CCCC2C(=O)NCC(c2ccc(F)cc2)N2CCOCC2)cc1. The van der Waals surface area contributed by atoms with Gasteiger partial charge in [-0.25, -0.2) is 12.8 Å². The Balaban J connectivity index is 1.48. The van der Waals surface area contributed by atoms with E-state index >= 15 is 0 Å². The average Bonchev–Trinajstić information content (AvgIpc) is 3.32. The number of aryl methyl sites for hydroxylation is 1. The van der Waals surface area contributed by atoms with Crippen molar-refractivity contribution in [2.45, 2.75) is 36.7 Å². The molecular weight excluding hydrogens is 445 g/mol. The third kappa shape index (κ3) is 5.43. The van der Waals surface area contributed by atoms with Crippen molar-refractivity contribution < 1.29 is 22.3 Å². The van der Waals surface area contributed by atoms with Crippen molar-refractivity contribution in [2.75, 3.05) is 39.4 Å². The number of benzene rings is 2. The molecule has 0 saturated carbocycles. The predicted octanol–water partition coefficient (Wildman–Crippen LogP) is 2.48. The van der Waals surface area contributed by atoms with Crippen LogP contribution < -0.4 is 5.32 Å². The number of ether oxygens (including phenoxy) is 1. The van der Waals surface area contributed by atoms with Crippen LogP contribution >= 0.6 is 0 Å². The van der Waals surface area contributed by atoms with Gasteiger partial charge in [0.2, 0.25) is 15.9 Å². The Hall–Kier alpha value is -2.33. The van der Waals surface area contributed by atoms with Gasteiger partial charge in [-0.2, -0.15) is 4.31 Å². The predicted molar refractivity (Wildman–Crippen MR) is 123 cm³/mol. The van der Waals surface area contributed by atoms with Gasteiger partial charge in [0, 0.05) is 26.2 Å². The number of halogens is 1. The van der Waals surface area contributed by atoms with Gasteiger partial charge in [0.15, 0.2) is 0 Å². The van der Waals surface area contributed by atoms with Crippen LogP contribution in [0, 0.1) is 12.7 Å². The Morgan fingerprint density at radius 3 is 2.42 bits per heavy atom. The number of hydrogen-bond donors (Lipinski definition) is 1. The number of morpholine rings is 1. The number of nitrogens with zero attached hydrogens (tertiary/aromatic N) is 2. The first-order valence-corrected chi connectivity index (χ1v) is 12.7. The van der Waals surface area contributed by atoms with Gasteiger partial charge < -0.3 is 10.1 Å². The molecule has 0 radical (unpaired) electrons. The van der Waals surface area contributed by atoms with E-state index in [2.05, 4.69) is 10.2 Å². The van der Waals surface area contributed by atoms with E-state index in [1.807, 2.05) is 6.92 Å². The largest absolute Gasteiger partial charge is 0.379 e. The van der Waals surface area contributed by atoms with Gasteiger partial charge in [0.25, 0.3) is 0 Å². The fourth-order valence-corrected chi connectivity index (χ4v) is 6.14. The molecule has 0 bridgehead atoms. The summed E-state index contributed by atoms with van der Waals surface area (Å²) in [5.41, 5.74) is 1.87. The number of sulfonamides is 1. The van der Waals surface area contributed by atoms with Crippen molar-refractivity contribution in [1.29, 1.82) is 0 Å². The first kappa shape index (κ1) is 23.8. The number of amides is 1. The van der Waals surface area contributed by atoms with Crippen LogP contribution in [0.4, 0.5) is 4.39 Å². The molecule has 0 aromatic heterocycles. The lowest BCUT2D eigenvalue weighted by Crippen LogP contribution is -2.49. The van der Waals surface area contributed by atoms with E-state index in [-0.39, 0.29) is 22.7 Å². The molecule has 2 unspecified atom stereocenters. The topological polar surface area (TPSA) is 79.0 Å². The molecule has 2 aliphatic rings. The molecular formula is C24H30FN3O4S. The molecule has 0 aliphatic carbocycles. The summed E-state index contributed by atoms with van der Waals surface area (Å²) in [5, 5.41) is 2.98. The molecule has 178 valence electrons. The van der Waals surface area contributed by atoms with Crippen LogP contribution in [0.25, 0.3) is 0 Å². The molecule has 33 heavy (non-hydrogen) atoms. The molecule has 1 N–H and O–H groups in total. The minimum absolute atomic E-state index is 0.151. The van der Waals surface area contributed by atoms with E-state index in [4.69, 9.17) is 4.74 Å². The van der Waals surface area contributed by atoms with Crippen LogP contribution in [0.3, 0.4) is 0 Å². The van der Waals surface area contributed by atoms with Crippen molar-refractivity contribution in [2.24, 2.45) is 0 Å². The van der Waals surface area contributed by atoms with Crippen LogP contribution in [0.2, 0.25) is 0 Å². The third-order valence-electron chi connectivity index (χ3n) is 6.34. The zero-order valence-electron chi connectivity index (χ0n) is 18.7. The van der Waals surface area contributed by atoms with E-state index < -0.39 is 16.1 Å². The lowest BCUT2D eigenvalue weighted by molar-refractivity contribution is -0.124. The summed E-state index contributed by atoms with van der Waals surface area (Å²) >= 11 is 0. The number of carbonyl (C=O) groups excluding carboxylic acids is 1. The van der Waals surface area contributed by atoms with Crippen molar-refractivity contribution in [3.05, 3.63) is 65.5 Å². The van der Waals surface area contributed by atoms with Gasteiger partial charge in [-0.1, -0.05) is 29.8 Å². The summed E-state index contributed by atoms with van der Waals surface area (Å²) in [5.74, 6) is -0.616. The minimum Gasteiger partial charge on any atom is -0.379 e. The maximum atomic E-state index is 13.5. The minimum atomic E-state index is -3.76. The molecule has 2 aromatic carbocycles. The van der Waals surface area contributed by atoms with E-state index in [1.54, 1.807) is 36.4 Å². The zero-order valence-corrected chi connectivity index (χ0v) is 19.6. The Morgan fingerprint density at radius 1 is 1.09 bits per heavy atom. The van der Waals surface area contributed by atoms with Gasteiger partial charge in [-0.15, -0.1) is 0 Å². The summed E-state index contributed by atoms with van der Waals surface area (Å²) in [6, 6.07) is 12.1. The Morgan fingerprint density at radius 2 is 1.76 bits per heavy atom. The molecule has 4 rings (SSSR count). The van der Waals surface area contributed by atoms with E-state index in [9.17, 15) is 17.6 Å². The van der Waals surface area contributed by atoms with Gasteiger partial charge in [0.05, 0.1) is 24.2 Å². The highest BCUT2D eigenvalue weighted by Gasteiger charge is 2.39. The Kier molecular flexibility index (Phi) is 7.43. The highest BCUT2D eigenvalue weighted by atomic mass is 32.2. The van der Waals surface area contributed by atoms with E-state index in [0.717, 1.165) is 11.1 Å². The number of carbonyl (C=O) groups is 1. The smallest absolute Gasteiger partial charge is 0.243 e. The van der Waals surface area contributed by atoms with Crippen LogP contribution in [-0.4, -0.2) is 69.0 Å². The molecule has 2 aromatic rings. The second kappa shape index (κ2) is 10.3. The van der Waals surface area contributed by atoms with Gasteiger partial charge in [-0.3, -0.25) is 9.69 Å². The molecule has 2 atom stereocenters. The van der Waals surface area contributed by atoms with Gasteiger partial charge >= 0.3 is 0 Å². The summed E-state index contributed by atoms with van der Waals surface area (Å²) in [4.78, 5) is 15.5. The molecule has 1 amide bonds. The second-order valence-electron chi connectivity index (χ2n) is 8.55. The second-order valence-corrected chi connectivity index (χ2v) is 10.4. The maximum Gasteiger partial charge on any atom is 0.243 e. The molecule has 7 nitrogen and oxygen atoms in total. The standard InChI is InChI=1S/C24H30FN3O4S/c1-18-4-10-21(11-5-18)33(30,31)28-12-2-3-22(28)24(29)26-17-23(27-13-15-32-16-14-27)19-6-8-20(25)9-7-19/h4-11,22-23H,2-3,12-17H2,1H3,(H,26,29). The lowest BCUT2D eigenvalue weighted by atomic mass is 10.0. The van der Waals surface area contributed by atoms with Gasteiger partial charge in [0.1, 0.15) is 11.9 Å². The Labute approximate surface area is 194 Å². The molecule has 2 saturated heterocycles. The van der Waals surface area contributed by atoms with Crippen LogP contribution in [0.5, 0.6) is 0 Å². The van der Waals surface area contributed by atoms with Crippen molar-refractivity contribution in [3.63, 3.8) is 0 Å².